The Kier molecular flexibility index (Phi) is 6.99. The fourth-order valence-corrected chi connectivity index (χ4v) is 2.83. The number of anilines is 2. The summed E-state index contributed by atoms with van der Waals surface area (Å²) in [5.74, 6) is 0.421. The Bertz CT molecular complexity index is 995. The first-order valence-electron chi connectivity index (χ1n) is 9.82. The molecule has 164 valence electrons. The predicted molar refractivity (Wildman–Crippen MR) is 113 cm³/mol. The van der Waals surface area contributed by atoms with E-state index in [1.54, 1.807) is 24.3 Å². The molecule has 0 amide bonds. The second-order valence-electron chi connectivity index (χ2n) is 7.39. The molecule has 0 fully saturated rings. The van der Waals surface area contributed by atoms with E-state index in [1.807, 2.05) is 44.2 Å². The van der Waals surface area contributed by atoms with Gasteiger partial charge in [-0.05, 0) is 23.6 Å². The lowest BCUT2D eigenvalue weighted by molar-refractivity contribution is -0.137. The van der Waals surface area contributed by atoms with Crippen molar-refractivity contribution in [2.75, 3.05) is 18.6 Å². The van der Waals surface area contributed by atoms with Crippen LogP contribution in [0.4, 0.5) is 24.7 Å². The molecule has 0 saturated heterocycles. The van der Waals surface area contributed by atoms with Gasteiger partial charge in [0, 0.05) is 13.2 Å². The van der Waals surface area contributed by atoms with Crippen LogP contribution >= 0.6 is 0 Å². The van der Waals surface area contributed by atoms with Gasteiger partial charge >= 0.3 is 12.2 Å². The molecule has 3 rings (SSSR count). The van der Waals surface area contributed by atoms with Crippen LogP contribution in [-0.2, 0) is 12.8 Å². The molecule has 0 aliphatic heterocycles. The molecule has 0 aliphatic carbocycles. The van der Waals surface area contributed by atoms with E-state index in [-0.39, 0.29) is 24.4 Å². The SMILES string of the molecule is CC(C)COc1ccccc1N(C)c1nc(OCc2ccccc2)ncc1C(F)(F)F. The number of halogens is 3. The van der Waals surface area contributed by atoms with E-state index in [1.165, 1.54) is 11.9 Å². The van der Waals surface area contributed by atoms with E-state index in [4.69, 9.17) is 9.47 Å². The van der Waals surface area contributed by atoms with Crippen molar-refractivity contribution >= 4 is 11.5 Å². The number of benzene rings is 2. The minimum atomic E-state index is -4.63. The Labute approximate surface area is 179 Å². The van der Waals surface area contributed by atoms with Gasteiger partial charge in [0.2, 0.25) is 0 Å². The zero-order chi connectivity index (χ0) is 22.4. The molecule has 0 bridgehead atoms. The molecule has 0 atom stereocenters. The molecule has 3 aromatic rings. The van der Waals surface area contributed by atoms with E-state index in [2.05, 4.69) is 9.97 Å². The van der Waals surface area contributed by atoms with Crippen molar-refractivity contribution in [1.82, 2.24) is 9.97 Å². The average Bonchev–Trinajstić information content (AvgIpc) is 2.76. The standard InChI is InChI=1S/C23H24F3N3O2/c1-16(2)14-30-20-12-8-7-11-19(20)29(3)21-18(23(24,25)26)13-27-22(28-21)31-15-17-9-5-4-6-10-17/h4-13,16H,14-15H2,1-3H3. The third-order valence-corrected chi connectivity index (χ3v) is 4.38. The highest BCUT2D eigenvalue weighted by atomic mass is 19.4. The molecule has 1 aromatic heterocycles. The topological polar surface area (TPSA) is 47.5 Å². The molecule has 5 nitrogen and oxygen atoms in total. The highest BCUT2D eigenvalue weighted by Crippen LogP contribution is 2.40. The number of hydrogen-bond acceptors (Lipinski definition) is 5. The highest BCUT2D eigenvalue weighted by Gasteiger charge is 2.37. The molecule has 0 aliphatic rings. The number of hydrogen-bond donors (Lipinski definition) is 0. The largest absolute Gasteiger partial charge is 0.491 e. The Morgan fingerprint density at radius 1 is 0.968 bits per heavy atom. The van der Waals surface area contributed by atoms with Crippen molar-refractivity contribution in [2.24, 2.45) is 5.92 Å². The maximum atomic E-state index is 13.7. The van der Waals surface area contributed by atoms with Crippen LogP contribution in [0.15, 0.2) is 60.8 Å². The van der Waals surface area contributed by atoms with Crippen LogP contribution in [-0.4, -0.2) is 23.6 Å². The van der Waals surface area contributed by atoms with Gasteiger partial charge in [0.05, 0.1) is 12.3 Å². The summed E-state index contributed by atoms with van der Waals surface area (Å²) >= 11 is 0. The van der Waals surface area contributed by atoms with Crippen LogP contribution < -0.4 is 14.4 Å². The summed E-state index contributed by atoms with van der Waals surface area (Å²) in [4.78, 5) is 9.19. The summed E-state index contributed by atoms with van der Waals surface area (Å²) in [6.45, 7) is 4.57. The summed E-state index contributed by atoms with van der Waals surface area (Å²) in [6, 6.07) is 16.0. The maximum Gasteiger partial charge on any atom is 0.421 e. The number of ether oxygens (including phenoxy) is 2. The molecular formula is C23H24F3N3O2. The van der Waals surface area contributed by atoms with Gasteiger partial charge in [-0.15, -0.1) is 0 Å². The van der Waals surface area contributed by atoms with Gasteiger partial charge in [-0.3, -0.25) is 0 Å². The smallest absolute Gasteiger partial charge is 0.421 e. The van der Waals surface area contributed by atoms with Gasteiger partial charge in [-0.2, -0.15) is 18.2 Å². The van der Waals surface area contributed by atoms with Crippen LogP contribution in [0.5, 0.6) is 11.8 Å². The second kappa shape index (κ2) is 9.68. The fourth-order valence-electron chi connectivity index (χ4n) is 2.83. The van der Waals surface area contributed by atoms with Gasteiger partial charge in [-0.25, -0.2) is 4.98 Å². The number of para-hydroxylation sites is 2. The molecule has 31 heavy (non-hydrogen) atoms. The summed E-state index contributed by atoms with van der Waals surface area (Å²) in [7, 11) is 1.51. The first-order valence-corrected chi connectivity index (χ1v) is 9.82. The molecule has 1 heterocycles. The van der Waals surface area contributed by atoms with E-state index >= 15 is 0 Å². The van der Waals surface area contributed by atoms with Crippen LogP contribution in [0, 0.1) is 5.92 Å². The van der Waals surface area contributed by atoms with Crippen molar-refractivity contribution in [3.8, 4) is 11.8 Å². The Morgan fingerprint density at radius 3 is 2.32 bits per heavy atom. The molecule has 8 heteroatoms. The highest BCUT2D eigenvalue weighted by molar-refractivity contribution is 5.68. The van der Waals surface area contributed by atoms with Crippen molar-refractivity contribution in [1.29, 1.82) is 0 Å². The van der Waals surface area contributed by atoms with Crippen molar-refractivity contribution < 1.29 is 22.6 Å². The molecule has 0 unspecified atom stereocenters. The Hall–Kier alpha value is -3.29. The third-order valence-electron chi connectivity index (χ3n) is 4.38. The lowest BCUT2D eigenvalue weighted by Gasteiger charge is -2.25. The van der Waals surface area contributed by atoms with Gasteiger partial charge in [0.25, 0.3) is 0 Å². The molecule has 0 saturated carbocycles. The second-order valence-corrected chi connectivity index (χ2v) is 7.39. The minimum Gasteiger partial charge on any atom is -0.491 e. The number of alkyl halides is 3. The number of rotatable bonds is 8. The first-order chi connectivity index (χ1) is 14.8. The lowest BCUT2D eigenvalue weighted by atomic mass is 10.2. The van der Waals surface area contributed by atoms with Gasteiger partial charge in [-0.1, -0.05) is 56.3 Å². The van der Waals surface area contributed by atoms with Crippen LogP contribution in [0.1, 0.15) is 25.0 Å². The van der Waals surface area contributed by atoms with Crippen LogP contribution in [0.2, 0.25) is 0 Å². The third kappa shape index (κ3) is 5.87. The molecule has 0 N–H and O–H groups in total. The lowest BCUT2D eigenvalue weighted by Crippen LogP contribution is -2.20. The molecule has 2 aromatic carbocycles. The van der Waals surface area contributed by atoms with Crippen molar-refractivity contribution in [2.45, 2.75) is 26.6 Å². The predicted octanol–water partition coefficient (Wildman–Crippen LogP) is 5.88. The zero-order valence-electron chi connectivity index (χ0n) is 17.6. The van der Waals surface area contributed by atoms with E-state index < -0.39 is 11.7 Å². The van der Waals surface area contributed by atoms with E-state index in [0.717, 1.165) is 11.8 Å². The normalized spacial score (nSPS) is 11.5. The summed E-state index contributed by atoms with van der Waals surface area (Å²) in [5, 5.41) is 0. The van der Waals surface area contributed by atoms with E-state index in [9.17, 15) is 13.2 Å². The first kappa shape index (κ1) is 22.4. The quantitative estimate of drug-likeness (QED) is 0.446. The van der Waals surface area contributed by atoms with Gasteiger partial charge < -0.3 is 14.4 Å². The summed E-state index contributed by atoms with van der Waals surface area (Å²) < 4.78 is 52.4. The van der Waals surface area contributed by atoms with Gasteiger partial charge in [0.15, 0.2) is 5.82 Å². The van der Waals surface area contributed by atoms with Gasteiger partial charge in [0.1, 0.15) is 17.9 Å². The summed E-state index contributed by atoms with van der Waals surface area (Å²) in [5.41, 5.74) is 0.357. The zero-order valence-corrected chi connectivity index (χ0v) is 17.6. The number of aromatic nitrogens is 2. The average molecular weight is 431 g/mol. The minimum absolute atomic E-state index is 0.140. The fraction of sp³-hybridized carbons (Fsp3) is 0.304. The van der Waals surface area contributed by atoms with E-state index in [0.29, 0.717) is 18.0 Å². The Balaban J connectivity index is 1.94. The summed E-state index contributed by atoms with van der Waals surface area (Å²) in [6.07, 6.45) is -3.88. The number of nitrogens with zero attached hydrogens (tertiary/aromatic N) is 3. The monoisotopic (exact) mass is 431 g/mol. The van der Waals surface area contributed by atoms with Crippen molar-refractivity contribution in [3.63, 3.8) is 0 Å². The van der Waals surface area contributed by atoms with Crippen molar-refractivity contribution in [3.05, 3.63) is 71.9 Å². The maximum absolute atomic E-state index is 13.7. The molecular weight excluding hydrogens is 407 g/mol. The molecule has 0 spiro atoms. The van der Waals surface area contributed by atoms with Crippen LogP contribution in [0.25, 0.3) is 0 Å². The Morgan fingerprint density at radius 2 is 1.65 bits per heavy atom. The molecule has 0 radical (unpaired) electrons. The van der Waals surface area contributed by atoms with Crippen LogP contribution in [0.3, 0.4) is 0 Å².